The molecule has 13 nitrogen and oxygen atoms in total. The van der Waals surface area contributed by atoms with Crippen molar-refractivity contribution in [3.8, 4) is 0 Å². The van der Waals surface area contributed by atoms with Crippen LogP contribution in [0.25, 0.3) is 0 Å². The molecule has 0 spiro atoms. The van der Waals surface area contributed by atoms with E-state index in [1.807, 2.05) is 74.5 Å². The highest BCUT2D eigenvalue weighted by atomic mass is 35.5. The van der Waals surface area contributed by atoms with E-state index in [4.69, 9.17) is 23.2 Å². The molecule has 5 aromatic rings. The SMILES string of the molecule is CC(C)N1C(=O)c2ccc(CCCCCCCS(=O)(=O)C(C)(C)C)cc2C1=O.CC(CCCCc1ccc(N2CCC(O)(c3ccc(Cl)cc3)CC2)cc1)CCS(=O)(=O)C(C)(C)C.CC(CCCc1ccc(N2CCC(O)(c3ccc(Cl)cc3)CC2)cc1)CCCS(=O)(=O)C(C)C. The van der Waals surface area contributed by atoms with Crippen LogP contribution in [-0.2, 0) is 60.0 Å². The third-order valence-corrected chi connectivity index (χ3v) is 28.2. The molecule has 2 amide bonds. The van der Waals surface area contributed by atoms with E-state index in [1.165, 1.54) is 27.4 Å². The van der Waals surface area contributed by atoms with Gasteiger partial charge in [-0.15, -0.1) is 0 Å². The average Bonchev–Trinajstić information content (AvgIpc) is 1.67. The maximum absolute atomic E-state index is 12.5. The number of hydrogen-bond acceptors (Lipinski definition) is 12. The van der Waals surface area contributed by atoms with Gasteiger partial charge in [0.15, 0.2) is 29.5 Å². The Hall–Kier alpha value is -4.81. The number of anilines is 2. The summed E-state index contributed by atoms with van der Waals surface area (Å²) in [5.41, 5.74) is 7.52. The number of halogens is 2. The second-order valence-corrected chi connectivity index (χ2v) is 39.7. The van der Waals surface area contributed by atoms with Gasteiger partial charge in [0.1, 0.15) is 0 Å². The maximum atomic E-state index is 12.5. The summed E-state index contributed by atoms with van der Waals surface area (Å²) in [5.74, 6) is 1.43. The summed E-state index contributed by atoms with van der Waals surface area (Å²) in [6.07, 6.45) is 18.4. The van der Waals surface area contributed by atoms with Gasteiger partial charge >= 0.3 is 0 Å². The van der Waals surface area contributed by atoms with E-state index < -0.39 is 50.2 Å². The second kappa shape index (κ2) is 36.2. The van der Waals surface area contributed by atoms with Crippen molar-refractivity contribution in [2.75, 3.05) is 53.2 Å². The van der Waals surface area contributed by atoms with Crippen molar-refractivity contribution in [3.63, 3.8) is 0 Å². The van der Waals surface area contributed by atoms with Crippen LogP contribution in [0.15, 0.2) is 115 Å². The third-order valence-electron chi connectivity index (χ3n) is 20.1. The monoisotopic (exact) mass is 1430 g/mol. The number of nitrogens with zero attached hydrogens (tertiary/aromatic N) is 3. The summed E-state index contributed by atoms with van der Waals surface area (Å²) in [7, 11) is -8.96. The predicted octanol–water partition coefficient (Wildman–Crippen LogP) is 17.6. The number of benzene rings is 5. The van der Waals surface area contributed by atoms with Gasteiger partial charge < -0.3 is 20.0 Å². The molecule has 3 heterocycles. The predicted molar refractivity (Wildman–Crippen MR) is 404 cm³/mol. The first-order chi connectivity index (χ1) is 45.4. The van der Waals surface area contributed by atoms with Crippen molar-refractivity contribution in [2.24, 2.45) is 11.8 Å². The maximum Gasteiger partial charge on any atom is 0.261 e. The van der Waals surface area contributed by atoms with E-state index in [0.717, 1.165) is 139 Å². The molecule has 5 aromatic carbocycles. The molecule has 0 radical (unpaired) electrons. The molecule has 0 aliphatic carbocycles. The van der Waals surface area contributed by atoms with Crippen molar-refractivity contribution in [1.82, 2.24) is 4.90 Å². The van der Waals surface area contributed by atoms with Crippen LogP contribution in [-0.4, -0.2) is 116 Å². The number of sulfone groups is 3. The topological polar surface area (TPSA) is 187 Å². The molecule has 0 saturated carbocycles. The lowest BCUT2D eigenvalue weighted by Gasteiger charge is -2.39. The molecule has 538 valence electrons. The van der Waals surface area contributed by atoms with Crippen molar-refractivity contribution < 1.29 is 45.1 Å². The zero-order valence-electron chi connectivity index (χ0n) is 60.4. The number of fused-ring (bicyclic) bond motifs is 1. The Kier molecular flexibility index (Phi) is 30.3. The summed E-state index contributed by atoms with van der Waals surface area (Å²) in [5, 5.41) is 23.3. The number of aryl methyl sites for hydroxylation is 3. The van der Waals surface area contributed by atoms with Gasteiger partial charge in [-0.2, -0.15) is 0 Å². The zero-order chi connectivity index (χ0) is 71.6. The van der Waals surface area contributed by atoms with Gasteiger partial charge in [-0.3, -0.25) is 14.5 Å². The van der Waals surface area contributed by atoms with Crippen molar-refractivity contribution in [1.29, 1.82) is 0 Å². The van der Waals surface area contributed by atoms with Crippen LogP contribution in [0.1, 0.15) is 241 Å². The van der Waals surface area contributed by atoms with Crippen LogP contribution < -0.4 is 9.80 Å². The normalized spacial score (nSPS) is 16.6. The highest BCUT2D eigenvalue weighted by molar-refractivity contribution is 7.93. The van der Waals surface area contributed by atoms with Crippen LogP contribution in [0.4, 0.5) is 11.4 Å². The summed E-state index contributed by atoms with van der Waals surface area (Å²) in [6.45, 7) is 25.5. The number of hydrogen-bond donors (Lipinski definition) is 2. The first kappa shape index (κ1) is 81.2. The Labute approximate surface area is 594 Å². The lowest BCUT2D eigenvalue weighted by molar-refractivity contribution is 0.0114. The quantitative estimate of drug-likeness (QED) is 0.0328. The van der Waals surface area contributed by atoms with Crippen LogP contribution in [0.3, 0.4) is 0 Å². The molecule has 2 atom stereocenters. The van der Waals surface area contributed by atoms with Gasteiger partial charge in [-0.25, -0.2) is 25.3 Å². The minimum absolute atomic E-state index is 0.141. The Morgan fingerprint density at radius 1 is 0.433 bits per heavy atom. The molecule has 2 saturated heterocycles. The number of carbonyl (C=O) groups excluding carboxylic acids is 2. The standard InChI is InChI=1S/C29H42ClNO3S.C28H40ClNO3S.C22H33NO4S/c1-23(17-22-35(33,34)28(2,3)4)7-5-6-8-24-9-15-27(16-10-24)31-20-18-29(32,19-21-31)25-11-13-26(30)14-12-25;1-22(2)34(32,33)21-5-7-23(3)6-4-8-24-9-15-27(16-10-24)30-19-17-28(31,18-20-30)25-11-13-26(29)14-12-25;1-16(2)23-20(24)18-13-12-17(15-19(18)21(23)25)11-9-7-6-8-10-14-28(26,27)22(3,4)5/h9-16,23,32H,5-8,17-22H2,1-4H3;9-16,22-23,31H,4-8,17-21H2,1-3H3;12-13,15-16H,6-11,14H2,1-5H3. The summed E-state index contributed by atoms with van der Waals surface area (Å²) in [4.78, 5) is 30.8. The van der Waals surface area contributed by atoms with Crippen molar-refractivity contribution in [2.45, 2.75) is 243 Å². The van der Waals surface area contributed by atoms with Gasteiger partial charge in [0, 0.05) is 53.6 Å². The first-order valence-corrected chi connectivity index (χ1v) is 41.5. The van der Waals surface area contributed by atoms with Crippen molar-refractivity contribution in [3.05, 3.63) is 164 Å². The zero-order valence-corrected chi connectivity index (χ0v) is 64.3. The molecule has 0 bridgehead atoms. The van der Waals surface area contributed by atoms with Gasteiger partial charge in [-0.1, -0.05) is 130 Å². The number of aliphatic hydroxyl groups is 2. The summed E-state index contributed by atoms with van der Waals surface area (Å²) in [6, 6.07) is 38.2. The highest BCUT2D eigenvalue weighted by Crippen LogP contribution is 2.38. The first-order valence-electron chi connectivity index (χ1n) is 35.8. The molecule has 2 fully saturated rings. The van der Waals surface area contributed by atoms with Gasteiger partial charge in [0.05, 0.1) is 54.3 Å². The number of amides is 2. The molecule has 2 unspecified atom stereocenters. The van der Waals surface area contributed by atoms with E-state index in [9.17, 15) is 45.1 Å². The van der Waals surface area contributed by atoms with Crippen LogP contribution >= 0.6 is 23.2 Å². The highest BCUT2D eigenvalue weighted by Gasteiger charge is 2.38. The Morgan fingerprint density at radius 3 is 1.28 bits per heavy atom. The molecule has 3 aliphatic rings. The summed E-state index contributed by atoms with van der Waals surface area (Å²) >= 11 is 12.0. The lowest BCUT2D eigenvalue weighted by Crippen LogP contribution is -2.42. The number of piperidine rings is 2. The number of unbranched alkanes of at least 4 members (excludes halogenated alkanes) is 5. The fraction of sp³-hybridized carbons (Fsp3) is 0.595. The largest absolute Gasteiger partial charge is 0.385 e. The van der Waals surface area contributed by atoms with E-state index in [0.29, 0.717) is 70.9 Å². The molecular weight excluding hydrogens is 1320 g/mol. The van der Waals surface area contributed by atoms with Crippen LogP contribution in [0.5, 0.6) is 0 Å². The average molecular weight is 1430 g/mol. The molecular formula is C79H115Cl2N3O10S3. The molecule has 0 aromatic heterocycles. The second-order valence-electron chi connectivity index (χ2n) is 30.4. The number of carbonyl (C=O) groups is 2. The van der Waals surface area contributed by atoms with Gasteiger partial charge in [0.2, 0.25) is 0 Å². The van der Waals surface area contributed by atoms with Gasteiger partial charge in [0.25, 0.3) is 11.8 Å². The Bertz CT molecular complexity index is 3630. The Balaban J connectivity index is 0.000000231. The third kappa shape index (κ3) is 24.2. The Morgan fingerprint density at radius 2 is 0.814 bits per heavy atom. The molecule has 8 rings (SSSR count). The fourth-order valence-electron chi connectivity index (χ4n) is 12.8. The molecule has 2 N–H and O–H groups in total. The smallest absolute Gasteiger partial charge is 0.261 e. The minimum Gasteiger partial charge on any atom is -0.385 e. The molecule has 97 heavy (non-hydrogen) atoms. The van der Waals surface area contributed by atoms with Crippen molar-refractivity contribution >= 4 is 75.9 Å². The van der Waals surface area contributed by atoms with Crippen LogP contribution in [0, 0.1) is 11.8 Å². The fourth-order valence-corrected chi connectivity index (χ4v) is 16.6. The number of rotatable bonds is 30. The van der Waals surface area contributed by atoms with E-state index >= 15 is 0 Å². The number of imide groups is 1. The van der Waals surface area contributed by atoms with Crippen LogP contribution in [0.2, 0.25) is 10.0 Å². The minimum atomic E-state index is -3.02. The lowest BCUT2D eigenvalue weighted by atomic mass is 9.84. The van der Waals surface area contributed by atoms with E-state index in [-0.39, 0.29) is 34.6 Å². The van der Waals surface area contributed by atoms with E-state index in [2.05, 4.69) is 72.2 Å². The summed E-state index contributed by atoms with van der Waals surface area (Å²) < 4.78 is 71.3. The molecule has 3 aliphatic heterocycles. The van der Waals surface area contributed by atoms with E-state index in [1.54, 1.807) is 61.5 Å². The molecule has 18 heteroatoms. The van der Waals surface area contributed by atoms with Gasteiger partial charge in [-0.05, 0) is 259 Å².